The fourth-order valence-corrected chi connectivity index (χ4v) is 2.41. The largest absolute Gasteiger partial charge is 0.483 e. The van der Waals surface area contributed by atoms with E-state index in [9.17, 15) is 13.2 Å². The maximum atomic E-state index is 12.8. The molecule has 2 heterocycles. The highest BCUT2D eigenvalue weighted by Crippen LogP contribution is 2.39. The van der Waals surface area contributed by atoms with Gasteiger partial charge in [-0.1, -0.05) is 11.2 Å². The second kappa shape index (κ2) is 5.45. The maximum Gasteiger partial charge on any atom is 0.416 e. The molecule has 1 aliphatic heterocycles. The molecule has 1 aromatic heterocycles. The number of alkyl halides is 3. The summed E-state index contributed by atoms with van der Waals surface area (Å²) in [6.45, 7) is 0. The van der Waals surface area contributed by atoms with Crippen LogP contribution < -0.4 is 10.5 Å². The van der Waals surface area contributed by atoms with E-state index in [0.717, 1.165) is 12.1 Å². The summed E-state index contributed by atoms with van der Waals surface area (Å²) >= 11 is 0. The number of amidine groups is 1. The summed E-state index contributed by atoms with van der Waals surface area (Å²) in [6, 6.07) is 8.27. The first-order chi connectivity index (χ1) is 10.9. The fourth-order valence-electron chi connectivity index (χ4n) is 2.41. The molecule has 8 heteroatoms. The van der Waals surface area contributed by atoms with E-state index in [1.807, 2.05) is 0 Å². The Bertz CT molecular complexity index is 775. The molecular weight excluding hydrogens is 311 g/mol. The van der Waals surface area contributed by atoms with E-state index in [-0.39, 0.29) is 18.0 Å². The molecule has 0 fully saturated rings. The Kier molecular flexibility index (Phi) is 3.59. The van der Waals surface area contributed by atoms with Crippen LogP contribution >= 0.6 is 0 Å². The van der Waals surface area contributed by atoms with Crippen LogP contribution in [0.1, 0.15) is 28.6 Å². The van der Waals surface area contributed by atoms with Gasteiger partial charge in [-0.25, -0.2) is 4.98 Å². The van der Waals surface area contributed by atoms with Crippen molar-refractivity contribution < 1.29 is 23.1 Å². The Hall–Kier alpha value is -2.77. The van der Waals surface area contributed by atoms with E-state index in [4.69, 9.17) is 15.7 Å². The second-order valence-electron chi connectivity index (χ2n) is 5.06. The molecule has 3 rings (SSSR count). The maximum absolute atomic E-state index is 12.8. The molecule has 23 heavy (non-hydrogen) atoms. The third-order valence-corrected chi connectivity index (χ3v) is 3.53. The van der Waals surface area contributed by atoms with Crippen LogP contribution in [-0.4, -0.2) is 16.0 Å². The van der Waals surface area contributed by atoms with E-state index in [0.29, 0.717) is 17.0 Å². The standard InChI is InChI=1S/C15H12F3N3O2/c16-15(17,18)9-4-5-12-8(6-9)7-13(23-12)10-2-1-3-11(20-10)14(19)21-22/h1-6,13,22H,7H2,(H2,19,21). The van der Waals surface area contributed by atoms with Crippen LogP contribution in [0.4, 0.5) is 13.2 Å². The van der Waals surface area contributed by atoms with Crippen LogP contribution in [0.15, 0.2) is 41.6 Å². The summed E-state index contributed by atoms with van der Waals surface area (Å²) in [5, 5.41) is 11.5. The van der Waals surface area contributed by atoms with Crippen molar-refractivity contribution in [3.8, 4) is 5.75 Å². The van der Waals surface area contributed by atoms with Gasteiger partial charge in [-0.15, -0.1) is 0 Å². The molecule has 0 aliphatic carbocycles. The molecule has 0 amide bonds. The lowest BCUT2D eigenvalue weighted by Crippen LogP contribution is -2.17. The fraction of sp³-hybridized carbons (Fsp3) is 0.200. The van der Waals surface area contributed by atoms with E-state index >= 15 is 0 Å². The minimum atomic E-state index is -4.39. The van der Waals surface area contributed by atoms with Gasteiger partial charge in [0.2, 0.25) is 0 Å². The molecule has 1 aliphatic rings. The molecule has 1 unspecified atom stereocenters. The van der Waals surface area contributed by atoms with Gasteiger partial charge in [-0.05, 0) is 35.9 Å². The summed E-state index contributed by atoms with van der Waals surface area (Å²) in [7, 11) is 0. The molecule has 0 spiro atoms. The Morgan fingerprint density at radius 3 is 2.78 bits per heavy atom. The molecule has 1 atom stereocenters. The number of oxime groups is 1. The number of ether oxygens (including phenoxy) is 1. The molecule has 0 bridgehead atoms. The molecule has 0 radical (unpaired) electrons. The Morgan fingerprint density at radius 2 is 2.09 bits per heavy atom. The van der Waals surface area contributed by atoms with Crippen molar-refractivity contribution in [1.82, 2.24) is 4.98 Å². The van der Waals surface area contributed by atoms with Crippen molar-refractivity contribution in [2.75, 3.05) is 0 Å². The number of aromatic nitrogens is 1. The summed E-state index contributed by atoms with van der Waals surface area (Å²) in [5.41, 5.74) is 6.01. The minimum absolute atomic E-state index is 0.151. The number of rotatable bonds is 2. The van der Waals surface area contributed by atoms with Gasteiger partial charge in [0, 0.05) is 6.42 Å². The van der Waals surface area contributed by atoms with Crippen LogP contribution in [0.3, 0.4) is 0 Å². The Balaban J connectivity index is 1.88. The molecule has 5 nitrogen and oxygen atoms in total. The normalized spacial score (nSPS) is 17.7. The molecule has 2 aromatic rings. The third kappa shape index (κ3) is 2.92. The van der Waals surface area contributed by atoms with Crippen LogP contribution in [0.5, 0.6) is 5.75 Å². The van der Waals surface area contributed by atoms with Crippen molar-refractivity contribution >= 4 is 5.84 Å². The Morgan fingerprint density at radius 1 is 1.30 bits per heavy atom. The minimum Gasteiger partial charge on any atom is -0.483 e. The number of pyridine rings is 1. The van der Waals surface area contributed by atoms with Crippen molar-refractivity contribution in [3.05, 3.63) is 58.9 Å². The predicted molar refractivity (Wildman–Crippen MR) is 75.3 cm³/mol. The van der Waals surface area contributed by atoms with Gasteiger partial charge in [-0.2, -0.15) is 13.2 Å². The van der Waals surface area contributed by atoms with Crippen molar-refractivity contribution in [2.24, 2.45) is 10.9 Å². The number of fused-ring (bicyclic) bond motifs is 1. The molecular formula is C15H12F3N3O2. The number of hydrogen-bond donors (Lipinski definition) is 2. The van der Waals surface area contributed by atoms with Crippen molar-refractivity contribution in [3.63, 3.8) is 0 Å². The summed E-state index contributed by atoms with van der Waals surface area (Å²) in [6.07, 6.45) is -4.64. The van der Waals surface area contributed by atoms with Gasteiger partial charge < -0.3 is 15.7 Å². The van der Waals surface area contributed by atoms with Gasteiger partial charge in [0.15, 0.2) is 5.84 Å². The highest BCUT2D eigenvalue weighted by molar-refractivity contribution is 5.95. The van der Waals surface area contributed by atoms with Crippen molar-refractivity contribution in [2.45, 2.75) is 18.7 Å². The summed E-state index contributed by atoms with van der Waals surface area (Å²) < 4.78 is 43.9. The van der Waals surface area contributed by atoms with Crippen LogP contribution in [-0.2, 0) is 12.6 Å². The zero-order chi connectivity index (χ0) is 16.6. The zero-order valence-corrected chi connectivity index (χ0v) is 11.7. The van der Waals surface area contributed by atoms with E-state index < -0.39 is 17.8 Å². The average Bonchev–Trinajstić information content (AvgIpc) is 2.96. The second-order valence-corrected chi connectivity index (χ2v) is 5.06. The molecule has 3 N–H and O–H groups in total. The highest BCUT2D eigenvalue weighted by Gasteiger charge is 2.33. The SMILES string of the molecule is N/C(=N\O)c1cccc(C2Cc3cc(C(F)(F)F)ccc3O2)n1. The van der Waals surface area contributed by atoms with Gasteiger partial charge in [0.25, 0.3) is 0 Å². The lowest BCUT2D eigenvalue weighted by Gasteiger charge is -2.11. The van der Waals surface area contributed by atoms with Crippen LogP contribution in [0.25, 0.3) is 0 Å². The van der Waals surface area contributed by atoms with Crippen LogP contribution in [0.2, 0.25) is 0 Å². The topological polar surface area (TPSA) is 80.7 Å². The van der Waals surface area contributed by atoms with Crippen LogP contribution in [0, 0.1) is 0 Å². The first kappa shape index (κ1) is 15.1. The van der Waals surface area contributed by atoms with E-state index in [1.165, 1.54) is 6.07 Å². The van der Waals surface area contributed by atoms with Gasteiger partial charge in [0.05, 0.1) is 11.3 Å². The highest BCUT2D eigenvalue weighted by atomic mass is 19.4. The number of halogens is 3. The third-order valence-electron chi connectivity index (χ3n) is 3.53. The van der Waals surface area contributed by atoms with Gasteiger partial charge in [0.1, 0.15) is 17.5 Å². The predicted octanol–water partition coefficient (Wildman–Crippen LogP) is 2.87. The number of nitrogens with two attached hydrogens (primary N) is 1. The number of hydrogen-bond acceptors (Lipinski definition) is 4. The molecule has 0 saturated carbocycles. The van der Waals surface area contributed by atoms with E-state index in [1.54, 1.807) is 18.2 Å². The lowest BCUT2D eigenvalue weighted by molar-refractivity contribution is -0.137. The summed E-state index contributed by atoms with van der Waals surface area (Å²) in [5.74, 6) is 0.251. The smallest absolute Gasteiger partial charge is 0.416 e. The number of benzene rings is 1. The Labute approximate surface area is 129 Å². The van der Waals surface area contributed by atoms with Gasteiger partial charge >= 0.3 is 6.18 Å². The first-order valence-corrected chi connectivity index (χ1v) is 6.70. The molecule has 120 valence electrons. The zero-order valence-electron chi connectivity index (χ0n) is 11.7. The van der Waals surface area contributed by atoms with Crippen molar-refractivity contribution in [1.29, 1.82) is 0 Å². The summed E-state index contributed by atoms with van der Waals surface area (Å²) in [4.78, 5) is 4.22. The van der Waals surface area contributed by atoms with Gasteiger partial charge in [-0.3, -0.25) is 0 Å². The lowest BCUT2D eigenvalue weighted by atomic mass is 10.0. The monoisotopic (exact) mass is 323 g/mol. The number of nitrogens with zero attached hydrogens (tertiary/aromatic N) is 2. The quantitative estimate of drug-likeness (QED) is 0.385. The molecule has 0 saturated heterocycles. The average molecular weight is 323 g/mol. The first-order valence-electron chi connectivity index (χ1n) is 6.70. The molecule has 1 aromatic carbocycles. The van der Waals surface area contributed by atoms with E-state index in [2.05, 4.69) is 10.1 Å².